The molecule has 0 bridgehead atoms. The molecule has 1 atom stereocenters. The molecule has 0 saturated carbocycles. The van der Waals surface area contributed by atoms with Gasteiger partial charge in [-0.1, -0.05) is 18.2 Å². The molecule has 3 aromatic rings. The van der Waals surface area contributed by atoms with Gasteiger partial charge < -0.3 is 14.1 Å². The van der Waals surface area contributed by atoms with Crippen molar-refractivity contribution in [2.45, 2.75) is 45.6 Å². The maximum Gasteiger partial charge on any atom is 0.223 e. The van der Waals surface area contributed by atoms with Crippen LogP contribution in [0.25, 0.3) is 11.3 Å². The third-order valence-electron chi connectivity index (χ3n) is 5.97. The highest BCUT2D eigenvalue weighted by molar-refractivity contribution is 5.77. The van der Waals surface area contributed by atoms with Gasteiger partial charge in [0.25, 0.3) is 0 Å². The predicted octanol–water partition coefficient (Wildman–Crippen LogP) is 5.26. The molecule has 1 amide bonds. The molecule has 1 fully saturated rings. The second-order valence-corrected chi connectivity index (χ2v) is 7.94. The van der Waals surface area contributed by atoms with E-state index in [9.17, 15) is 4.79 Å². The first kappa shape index (κ1) is 20.2. The number of aryl methyl sites for hydroxylation is 3. The third-order valence-corrected chi connectivity index (χ3v) is 5.97. The van der Waals surface area contributed by atoms with Crippen molar-refractivity contribution in [3.8, 4) is 17.1 Å². The van der Waals surface area contributed by atoms with Gasteiger partial charge in [0.2, 0.25) is 5.91 Å². The van der Waals surface area contributed by atoms with E-state index in [4.69, 9.17) is 9.15 Å². The summed E-state index contributed by atoms with van der Waals surface area (Å²) in [6.07, 6.45) is 4.70. The van der Waals surface area contributed by atoms with Crippen LogP contribution in [-0.2, 0) is 11.2 Å². The summed E-state index contributed by atoms with van der Waals surface area (Å²) < 4.78 is 11.1. The number of nitrogens with zero attached hydrogens (tertiary/aromatic N) is 2. The maximum absolute atomic E-state index is 12.9. The minimum absolute atomic E-state index is 0.167. The van der Waals surface area contributed by atoms with Crippen molar-refractivity contribution >= 4 is 5.91 Å². The number of carbonyl (C=O) groups excluding carboxylic acids is 1. The summed E-state index contributed by atoms with van der Waals surface area (Å²) in [7, 11) is 1.64. The summed E-state index contributed by atoms with van der Waals surface area (Å²) in [6, 6.07) is 14.4. The Labute approximate surface area is 177 Å². The number of methoxy groups -OCH3 is 1. The zero-order chi connectivity index (χ0) is 21.1. The molecule has 0 spiro atoms. The fourth-order valence-electron chi connectivity index (χ4n) is 4.06. The van der Waals surface area contributed by atoms with Gasteiger partial charge in [-0.25, -0.2) is 4.98 Å². The summed E-state index contributed by atoms with van der Waals surface area (Å²) >= 11 is 0. The number of benzene rings is 2. The van der Waals surface area contributed by atoms with Crippen LogP contribution in [-0.4, -0.2) is 29.4 Å². The van der Waals surface area contributed by atoms with Crippen molar-refractivity contribution in [2.24, 2.45) is 0 Å². The Balaban J connectivity index is 1.39. The van der Waals surface area contributed by atoms with Gasteiger partial charge in [0.1, 0.15) is 5.75 Å². The minimum atomic E-state index is 0.167. The zero-order valence-corrected chi connectivity index (χ0v) is 17.9. The lowest BCUT2D eigenvalue weighted by molar-refractivity contribution is -0.132. The highest BCUT2D eigenvalue weighted by atomic mass is 16.5. The smallest absolute Gasteiger partial charge is 0.223 e. The topological polar surface area (TPSA) is 55.6 Å². The first-order valence-electron chi connectivity index (χ1n) is 10.5. The Morgan fingerprint density at radius 3 is 2.70 bits per heavy atom. The van der Waals surface area contributed by atoms with E-state index in [0.29, 0.717) is 24.5 Å². The van der Waals surface area contributed by atoms with E-state index in [1.165, 1.54) is 16.7 Å². The Kier molecular flexibility index (Phi) is 5.88. The van der Waals surface area contributed by atoms with Crippen molar-refractivity contribution in [1.29, 1.82) is 0 Å². The van der Waals surface area contributed by atoms with Gasteiger partial charge in [0.15, 0.2) is 11.7 Å². The molecule has 30 heavy (non-hydrogen) atoms. The molecule has 1 aromatic heterocycles. The highest BCUT2D eigenvalue weighted by Crippen LogP contribution is 2.33. The number of aromatic nitrogens is 1. The molecule has 0 aliphatic carbocycles. The number of carbonyl (C=O) groups is 1. The zero-order valence-electron chi connectivity index (χ0n) is 17.9. The molecule has 2 heterocycles. The Morgan fingerprint density at radius 2 is 1.97 bits per heavy atom. The van der Waals surface area contributed by atoms with Crippen LogP contribution in [0.2, 0.25) is 0 Å². The van der Waals surface area contributed by atoms with Gasteiger partial charge in [-0.05, 0) is 67.6 Å². The average Bonchev–Trinajstić information content (AvgIpc) is 3.44. The van der Waals surface area contributed by atoms with E-state index in [1.54, 1.807) is 13.3 Å². The number of hydrogen-bond acceptors (Lipinski definition) is 4. The minimum Gasteiger partial charge on any atom is -0.497 e. The Bertz CT molecular complexity index is 1020. The lowest BCUT2D eigenvalue weighted by Gasteiger charge is -2.25. The Morgan fingerprint density at radius 1 is 1.17 bits per heavy atom. The summed E-state index contributed by atoms with van der Waals surface area (Å²) in [5.41, 5.74) is 4.74. The van der Waals surface area contributed by atoms with Crippen molar-refractivity contribution in [3.05, 3.63) is 71.2 Å². The summed E-state index contributed by atoms with van der Waals surface area (Å²) in [6.45, 7) is 5.06. The number of hydrogen-bond donors (Lipinski definition) is 0. The van der Waals surface area contributed by atoms with E-state index >= 15 is 0 Å². The van der Waals surface area contributed by atoms with E-state index in [2.05, 4.69) is 37.0 Å². The molecule has 0 radical (unpaired) electrons. The fraction of sp³-hybridized carbons (Fsp3) is 0.360. The third kappa shape index (κ3) is 4.25. The lowest BCUT2D eigenvalue weighted by Crippen LogP contribution is -2.30. The molecule has 1 aliphatic heterocycles. The molecule has 156 valence electrons. The van der Waals surface area contributed by atoms with Gasteiger partial charge in [0.05, 0.1) is 19.3 Å². The van der Waals surface area contributed by atoms with Crippen LogP contribution in [0.4, 0.5) is 0 Å². The van der Waals surface area contributed by atoms with E-state index < -0.39 is 0 Å². The maximum atomic E-state index is 12.9. The molecular weight excluding hydrogens is 376 g/mol. The van der Waals surface area contributed by atoms with Crippen molar-refractivity contribution in [2.75, 3.05) is 13.7 Å². The molecule has 1 saturated heterocycles. The first-order chi connectivity index (χ1) is 14.5. The predicted molar refractivity (Wildman–Crippen MR) is 116 cm³/mol. The van der Waals surface area contributed by atoms with Crippen LogP contribution >= 0.6 is 0 Å². The van der Waals surface area contributed by atoms with Crippen LogP contribution in [0.3, 0.4) is 0 Å². The van der Waals surface area contributed by atoms with E-state index in [-0.39, 0.29) is 11.9 Å². The first-order valence-corrected chi connectivity index (χ1v) is 10.5. The molecule has 2 aromatic carbocycles. The molecule has 5 heteroatoms. The van der Waals surface area contributed by atoms with Gasteiger partial charge >= 0.3 is 0 Å². The molecule has 0 N–H and O–H groups in total. The van der Waals surface area contributed by atoms with Gasteiger partial charge in [-0.2, -0.15) is 0 Å². The second kappa shape index (κ2) is 8.74. The quantitative estimate of drug-likeness (QED) is 0.562. The van der Waals surface area contributed by atoms with Crippen LogP contribution in [0.15, 0.2) is 53.1 Å². The summed E-state index contributed by atoms with van der Waals surface area (Å²) in [5, 5.41) is 0. The number of amides is 1. The van der Waals surface area contributed by atoms with Crippen molar-refractivity contribution in [1.82, 2.24) is 9.88 Å². The largest absolute Gasteiger partial charge is 0.497 e. The van der Waals surface area contributed by atoms with Crippen LogP contribution in [0, 0.1) is 13.8 Å². The van der Waals surface area contributed by atoms with Crippen LogP contribution < -0.4 is 4.74 Å². The van der Waals surface area contributed by atoms with Crippen molar-refractivity contribution in [3.63, 3.8) is 0 Å². The van der Waals surface area contributed by atoms with Gasteiger partial charge in [-0.15, -0.1) is 0 Å². The molecule has 5 nitrogen and oxygen atoms in total. The monoisotopic (exact) mass is 404 g/mol. The lowest BCUT2D eigenvalue weighted by atomic mass is 9.99. The SMILES string of the molecule is COc1ccc(-c2cnc(CCC(=O)N3CCCC3c3ccc(C)c(C)c3)o2)cc1. The van der Waals surface area contributed by atoms with Crippen LogP contribution in [0.1, 0.15) is 47.9 Å². The number of rotatable bonds is 6. The van der Waals surface area contributed by atoms with Crippen molar-refractivity contribution < 1.29 is 13.9 Å². The van der Waals surface area contributed by atoms with E-state index in [0.717, 1.165) is 30.7 Å². The van der Waals surface area contributed by atoms with E-state index in [1.807, 2.05) is 29.2 Å². The molecule has 1 aliphatic rings. The number of oxazole rings is 1. The number of likely N-dealkylation sites (tertiary alicyclic amines) is 1. The summed E-state index contributed by atoms with van der Waals surface area (Å²) in [5.74, 6) is 2.26. The van der Waals surface area contributed by atoms with Crippen LogP contribution in [0.5, 0.6) is 5.75 Å². The molecular formula is C25H28N2O3. The fourth-order valence-corrected chi connectivity index (χ4v) is 4.06. The molecule has 4 rings (SSSR count). The standard InChI is InChI=1S/C25H28N2O3/c1-17-6-7-20(15-18(17)2)22-5-4-14-27(22)25(28)13-12-24-26-16-23(30-24)19-8-10-21(29-3)11-9-19/h6-11,15-16,22H,4-5,12-14H2,1-3H3. The average molecular weight is 405 g/mol. The number of ether oxygens (including phenoxy) is 1. The normalized spacial score (nSPS) is 16.1. The second-order valence-electron chi connectivity index (χ2n) is 7.94. The Hall–Kier alpha value is -3.08. The summed E-state index contributed by atoms with van der Waals surface area (Å²) in [4.78, 5) is 19.3. The molecule has 1 unspecified atom stereocenters. The van der Waals surface area contributed by atoms with Gasteiger partial charge in [0, 0.05) is 24.9 Å². The van der Waals surface area contributed by atoms with Gasteiger partial charge in [-0.3, -0.25) is 4.79 Å². The highest BCUT2D eigenvalue weighted by Gasteiger charge is 2.30.